The fraction of sp³-hybridized carbons (Fsp3) is 0.789. The van der Waals surface area contributed by atoms with Crippen LogP contribution in [0.25, 0.3) is 0 Å². The van der Waals surface area contributed by atoms with E-state index >= 15 is 0 Å². The summed E-state index contributed by atoms with van der Waals surface area (Å²) >= 11 is 0. The molecular weight excluding hydrogens is 441 g/mol. The molecule has 0 fully saturated rings. The van der Waals surface area contributed by atoms with Crippen molar-refractivity contribution in [3.63, 3.8) is 0 Å². The van der Waals surface area contributed by atoms with Crippen molar-refractivity contribution in [2.45, 2.75) is 65.3 Å². The van der Waals surface area contributed by atoms with Crippen molar-refractivity contribution in [1.29, 1.82) is 0 Å². The first-order valence-corrected chi connectivity index (χ1v) is 9.65. The van der Waals surface area contributed by atoms with Crippen LogP contribution >= 0.6 is 24.0 Å². The van der Waals surface area contributed by atoms with E-state index in [1.54, 1.807) is 0 Å². The minimum absolute atomic E-state index is 0. The Labute approximate surface area is 176 Å². The van der Waals surface area contributed by atoms with E-state index in [-0.39, 0.29) is 24.0 Å². The summed E-state index contributed by atoms with van der Waals surface area (Å²) in [7, 11) is 4.27. The molecule has 1 aromatic rings. The van der Waals surface area contributed by atoms with Gasteiger partial charge in [0, 0.05) is 19.2 Å². The summed E-state index contributed by atoms with van der Waals surface area (Å²) in [6.07, 6.45) is 6.35. The molecule has 6 nitrogen and oxygen atoms in total. The van der Waals surface area contributed by atoms with Gasteiger partial charge in [0.1, 0.15) is 6.54 Å². The molecule has 0 aliphatic heterocycles. The van der Waals surface area contributed by atoms with Gasteiger partial charge in [0.15, 0.2) is 11.7 Å². The van der Waals surface area contributed by atoms with Crippen molar-refractivity contribution in [2.24, 2.45) is 4.99 Å². The number of halogens is 1. The van der Waals surface area contributed by atoms with Crippen molar-refractivity contribution in [3.05, 3.63) is 17.5 Å². The summed E-state index contributed by atoms with van der Waals surface area (Å²) in [5.41, 5.74) is 0.984. The molecule has 0 radical (unpaired) electrons. The molecule has 152 valence electrons. The van der Waals surface area contributed by atoms with E-state index in [4.69, 9.17) is 4.52 Å². The summed E-state index contributed by atoms with van der Waals surface area (Å²) < 4.78 is 5.34. The largest absolute Gasteiger partial charge is 0.359 e. The van der Waals surface area contributed by atoms with Crippen molar-refractivity contribution >= 4 is 29.9 Å². The summed E-state index contributed by atoms with van der Waals surface area (Å²) in [6.45, 7) is 9.80. The van der Waals surface area contributed by atoms with Gasteiger partial charge in [-0.25, -0.2) is 4.99 Å². The van der Waals surface area contributed by atoms with Crippen molar-refractivity contribution in [1.82, 2.24) is 20.7 Å². The first-order chi connectivity index (χ1) is 12.0. The lowest BCUT2D eigenvalue weighted by Gasteiger charge is -2.11. The maximum atomic E-state index is 5.34. The minimum atomic E-state index is 0. The molecule has 0 aliphatic rings. The summed E-state index contributed by atoms with van der Waals surface area (Å²) in [6, 6.07) is 1.99. The molecule has 0 bridgehead atoms. The molecular formula is C19H38IN5O. The number of hydrogen-bond donors (Lipinski definition) is 2. The monoisotopic (exact) mass is 479 g/mol. The van der Waals surface area contributed by atoms with E-state index in [0.717, 1.165) is 30.5 Å². The number of aliphatic imine (C=N–C) groups is 1. The zero-order valence-corrected chi connectivity index (χ0v) is 19.5. The van der Waals surface area contributed by atoms with Gasteiger partial charge in [-0.05, 0) is 46.3 Å². The van der Waals surface area contributed by atoms with E-state index in [1.807, 2.05) is 6.07 Å². The van der Waals surface area contributed by atoms with Gasteiger partial charge in [0.2, 0.25) is 0 Å². The van der Waals surface area contributed by atoms with E-state index < -0.39 is 0 Å². The molecule has 7 heteroatoms. The van der Waals surface area contributed by atoms with Crippen LogP contribution in [0.5, 0.6) is 0 Å². The van der Waals surface area contributed by atoms with E-state index in [1.165, 1.54) is 38.6 Å². The Morgan fingerprint density at radius 2 is 1.85 bits per heavy atom. The van der Waals surface area contributed by atoms with Gasteiger partial charge in [0.25, 0.3) is 0 Å². The standard InChI is InChI=1S/C19H37N5O.HI/c1-6-20-19(21-12-10-8-7-9-11-13-24(4)5)22-15-17-14-18(16(2)3)23-25-17;/h14,16H,6-13,15H2,1-5H3,(H2,20,21,22);1H. The first kappa shape index (κ1) is 25.2. The molecule has 0 saturated heterocycles. The smallest absolute Gasteiger partial charge is 0.191 e. The predicted molar refractivity (Wildman–Crippen MR) is 120 cm³/mol. The number of unbranched alkanes of at least 4 members (excludes halogenated alkanes) is 4. The normalized spacial score (nSPS) is 11.7. The quantitative estimate of drug-likeness (QED) is 0.206. The number of hydrogen-bond acceptors (Lipinski definition) is 4. The SMILES string of the molecule is CCNC(=NCc1cc(C(C)C)no1)NCCCCCCCN(C)C.I. The highest BCUT2D eigenvalue weighted by Gasteiger charge is 2.07. The topological polar surface area (TPSA) is 65.7 Å². The number of rotatable bonds is 12. The van der Waals surface area contributed by atoms with Crippen LogP contribution < -0.4 is 10.6 Å². The zero-order valence-electron chi connectivity index (χ0n) is 17.2. The van der Waals surface area contributed by atoms with Crippen LogP contribution in [-0.4, -0.2) is 49.7 Å². The molecule has 0 aromatic carbocycles. The molecule has 0 spiro atoms. The second-order valence-electron chi connectivity index (χ2n) is 7.07. The van der Waals surface area contributed by atoms with Crippen LogP contribution in [0.3, 0.4) is 0 Å². The zero-order chi connectivity index (χ0) is 18.5. The lowest BCUT2D eigenvalue weighted by atomic mass is 10.1. The number of nitrogens with zero attached hydrogens (tertiary/aromatic N) is 3. The highest BCUT2D eigenvalue weighted by Crippen LogP contribution is 2.14. The van der Waals surface area contributed by atoms with Gasteiger partial charge in [-0.1, -0.05) is 38.3 Å². The average Bonchev–Trinajstić information content (AvgIpc) is 3.04. The van der Waals surface area contributed by atoms with Crippen LogP contribution in [0.2, 0.25) is 0 Å². The second-order valence-corrected chi connectivity index (χ2v) is 7.07. The third-order valence-electron chi connectivity index (χ3n) is 3.98. The van der Waals surface area contributed by atoms with Gasteiger partial charge in [-0.15, -0.1) is 24.0 Å². The van der Waals surface area contributed by atoms with Crippen LogP contribution in [0.15, 0.2) is 15.6 Å². The van der Waals surface area contributed by atoms with Crippen LogP contribution in [-0.2, 0) is 6.54 Å². The Morgan fingerprint density at radius 3 is 2.46 bits per heavy atom. The molecule has 26 heavy (non-hydrogen) atoms. The van der Waals surface area contributed by atoms with Gasteiger partial charge < -0.3 is 20.1 Å². The first-order valence-electron chi connectivity index (χ1n) is 9.65. The Hall–Kier alpha value is -0.830. The minimum Gasteiger partial charge on any atom is -0.359 e. The molecule has 0 aliphatic carbocycles. The Morgan fingerprint density at radius 1 is 1.15 bits per heavy atom. The predicted octanol–water partition coefficient (Wildman–Crippen LogP) is 3.98. The summed E-state index contributed by atoms with van der Waals surface area (Å²) in [5.74, 6) is 2.03. The fourth-order valence-electron chi connectivity index (χ4n) is 2.46. The van der Waals surface area contributed by atoms with E-state index in [9.17, 15) is 0 Å². The molecule has 0 atom stereocenters. The Kier molecular flexibility index (Phi) is 14.8. The maximum absolute atomic E-state index is 5.34. The average molecular weight is 479 g/mol. The molecule has 0 amide bonds. The maximum Gasteiger partial charge on any atom is 0.191 e. The van der Waals surface area contributed by atoms with Gasteiger partial charge in [-0.3, -0.25) is 0 Å². The van der Waals surface area contributed by atoms with E-state index in [0.29, 0.717) is 12.5 Å². The molecule has 2 N–H and O–H groups in total. The van der Waals surface area contributed by atoms with Gasteiger partial charge in [0.05, 0.1) is 5.69 Å². The number of aromatic nitrogens is 1. The van der Waals surface area contributed by atoms with Crippen LogP contribution in [0, 0.1) is 0 Å². The summed E-state index contributed by atoms with van der Waals surface area (Å²) in [5, 5.41) is 10.7. The molecule has 1 aromatic heterocycles. The summed E-state index contributed by atoms with van der Waals surface area (Å²) in [4.78, 5) is 6.83. The van der Waals surface area contributed by atoms with Gasteiger partial charge >= 0.3 is 0 Å². The number of nitrogens with one attached hydrogen (secondary N) is 2. The lowest BCUT2D eigenvalue weighted by molar-refractivity contribution is 0.376. The van der Waals surface area contributed by atoms with E-state index in [2.05, 4.69) is 60.5 Å². The van der Waals surface area contributed by atoms with Crippen LogP contribution in [0.1, 0.15) is 70.2 Å². The van der Waals surface area contributed by atoms with Gasteiger partial charge in [-0.2, -0.15) is 0 Å². The third-order valence-corrected chi connectivity index (χ3v) is 3.98. The fourth-order valence-corrected chi connectivity index (χ4v) is 2.46. The van der Waals surface area contributed by atoms with Crippen molar-refractivity contribution in [2.75, 3.05) is 33.7 Å². The van der Waals surface area contributed by atoms with Crippen molar-refractivity contribution in [3.8, 4) is 0 Å². The Balaban J connectivity index is 0.00000625. The Bertz CT molecular complexity index is 488. The molecule has 1 heterocycles. The molecule has 0 unspecified atom stereocenters. The molecule has 1 rings (SSSR count). The highest BCUT2D eigenvalue weighted by atomic mass is 127. The lowest BCUT2D eigenvalue weighted by Crippen LogP contribution is -2.37. The second kappa shape index (κ2) is 15.2. The number of guanidine groups is 1. The highest BCUT2D eigenvalue weighted by molar-refractivity contribution is 14.0. The third kappa shape index (κ3) is 11.7. The molecule has 0 saturated carbocycles. The van der Waals surface area contributed by atoms with Crippen LogP contribution in [0.4, 0.5) is 0 Å². The van der Waals surface area contributed by atoms with Crippen molar-refractivity contribution < 1.29 is 4.52 Å².